The largest absolute Gasteiger partial charge is 0.315 e. The molecule has 1 aliphatic heterocycles. The van der Waals surface area contributed by atoms with Gasteiger partial charge in [0.1, 0.15) is 0 Å². The van der Waals surface area contributed by atoms with Crippen LogP contribution in [-0.4, -0.2) is 36.6 Å². The van der Waals surface area contributed by atoms with Gasteiger partial charge in [-0.2, -0.15) is 0 Å². The number of hydrogen-bond donors (Lipinski definition) is 1. The molecule has 3 rings (SSSR count). The van der Waals surface area contributed by atoms with Crippen molar-refractivity contribution in [1.82, 2.24) is 15.2 Å². The van der Waals surface area contributed by atoms with Crippen molar-refractivity contribution >= 4 is 11.3 Å². The predicted octanol–water partition coefficient (Wildman–Crippen LogP) is 3.01. The van der Waals surface area contributed by atoms with Crippen LogP contribution in [0.15, 0.2) is 0 Å². The molecule has 1 aliphatic carbocycles. The van der Waals surface area contributed by atoms with E-state index in [0.29, 0.717) is 0 Å². The van der Waals surface area contributed by atoms with Gasteiger partial charge >= 0.3 is 0 Å². The summed E-state index contributed by atoms with van der Waals surface area (Å²) in [5.41, 5.74) is 1.41. The Labute approximate surface area is 126 Å². The Hall–Kier alpha value is -0.450. The Morgan fingerprint density at radius 3 is 2.65 bits per heavy atom. The van der Waals surface area contributed by atoms with Gasteiger partial charge in [0, 0.05) is 30.3 Å². The van der Waals surface area contributed by atoms with Crippen molar-refractivity contribution in [3.05, 3.63) is 15.6 Å². The molecule has 0 aromatic carbocycles. The Balaban J connectivity index is 1.55. The number of nitrogens with zero attached hydrogens (tertiary/aromatic N) is 2. The first-order chi connectivity index (χ1) is 9.76. The smallest absolute Gasteiger partial charge is 0.0944 e. The molecular formula is C16H27N3S. The minimum atomic E-state index is 0.777. The van der Waals surface area contributed by atoms with Crippen molar-refractivity contribution in [2.24, 2.45) is 5.92 Å². The van der Waals surface area contributed by atoms with Gasteiger partial charge in [0.15, 0.2) is 0 Å². The zero-order valence-electron chi connectivity index (χ0n) is 12.8. The van der Waals surface area contributed by atoms with Crippen LogP contribution in [0.5, 0.6) is 0 Å². The van der Waals surface area contributed by atoms with Gasteiger partial charge in [-0.05, 0) is 51.7 Å². The molecule has 1 N–H and O–H groups in total. The van der Waals surface area contributed by atoms with Crippen LogP contribution < -0.4 is 5.32 Å². The van der Waals surface area contributed by atoms with Crippen molar-refractivity contribution in [3.8, 4) is 0 Å². The van der Waals surface area contributed by atoms with Gasteiger partial charge in [-0.15, -0.1) is 11.3 Å². The van der Waals surface area contributed by atoms with E-state index in [0.717, 1.165) is 24.8 Å². The highest BCUT2D eigenvalue weighted by Gasteiger charge is 2.29. The number of piperidine rings is 1. The summed E-state index contributed by atoms with van der Waals surface area (Å²) in [5.74, 6) is 1.70. The maximum Gasteiger partial charge on any atom is 0.0944 e. The monoisotopic (exact) mass is 293 g/mol. The zero-order chi connectivity index (χ0) is 13.9. The molecule has 0 unspecified atom stereocenters. The summed E-state index contributed by atoms with van der Waals surface area (Å²) in [6, 6.07) is 0. The SMILES string of the molecule is CNCc1sc(CCN2CCC(C)CC2)nc1C1CC1. The minimum absolute atomic E-state index is 0.777. The molecule has 0 atom stereocenters. The fraction of sp³-hybridized carbons (Fsp3) is 0.812. The van der Waals surface area contributed by atoms with E-state index in [4.69, 9.17) is 4.98 Å². The maximum atomic E-state index is 4.94. The Morgan fingerprint density at radius 1 is 1.25 bits per heavy atom. The Kier molecular flexibility index (Phi) is 4.74. The Bertz CT molecular complexity index is 431. The second kappa shape index (κ2) is 6.54. The quantitative estimate of drug-likeness (QED) is 0.874. The minimum Gasteiger partial charge on any atom is -0.315 e. The van der Waals surface area contributed by atoms with Crippen LogP contribution >= 0.6 is 11.3 Å². The van der Waals surface area contributed by atoms with E-state index >= 15 is 0 Å². The third-order valence-electron chi connectivity index (χ3n) is 4.59. The average Bonchev–Trinajstić information content (AvgIpc) is 3.21. The lowest BCUT2D eigenvalue weighted by Crippen LogP contribution is -2.34. The first-order valence-electron chi connectivity index (χ1n) is 8.11. The average molecular weight is 293 g/mol. The van der Waals surface area contributed by atoms with Crippen LogP contribution in [0.2, 0.25) is 0 Å². The van der Waals surface area contributed by atoms with Crippen molar-refractivity contribution < 1.29 is 0 Å². The molecule has 0 spiro atoms. The number of likely N-dealkylation sites (tertiary alicyclic amines) is 1. The third kappa shape index (κ3) is 3.60. The highest BCUT2D eigenvalue weighted by Crippen LogP contribution is 2.42. The first-order valence-corrected chi connectivity index (χ1v) is 8.93. The molecular weight excluding hydrogens is 266 g/mol. The molecule has 1 aromatic heterocycles. The lowest BCUT2D eigenvalue weighted by Gasteiger charge is -2.29. The van der Waals surface area contributed by atoms with Crippen LogP contribution in [0.1, 0.15) is 54.1 Å². The topological polar surface area (TPSA) is 28.2 Å². The van der Waals surface area contributed by atoms with Gasteiger partial charge in [0.2, 0.25) is 0 Å². The van der Waals surface area contributed by atoms with Gasteiger partial charge in [-0.25, -0.2) is 4.98 Å². The van der Waals surface area contributed by atoms with E-state index in [1.54, 1.807) is 0 Å². The van der Waals surface area contributed by atoms with E-state index in [-0.39, 0.29) is 0 Å². The number of thiazole rings is 1. The van der Waals surface area contributed by atoms with Crippen LogP contribution in [-0.2, 0) is 13.0 Å². The molecule has 112 valence electrons. The summed E-state index contributed by atoms with van der Waals surface area (Å²) < 4.78 is 0. The first kappa shape index (κ1) is 14.5. The molecule has 1 saturated carbocycles. The van der Waals surface area contributed by atoms with E-state index in [2.05, 4.69) is 17.1 Å². The molecule has 2 fully saturated rings. The fourth-order valence-electron chi connectivity index (χ4n) is 3.02. The number of nitrogens with one attached hydrogen (secondary N) is 1. The number of hydrogen-bond acceptors (Lipinski definition) is 4. The van der Waals surface area contributed by atoms with E-state index in [1.165, 1.54) is 60.9 Å². The van der Waals surface area contributed by atoms with Gasteiger partial charge in [-0.1, -0.05) is 6.92 Å². The van der Waals surface area contributed by atoms with Crippen LogP contribution in [0.4, 0.5) is 0 Å². The Morgan fingerprint density at radius 2 is 2.00 bits per heavy atom. The second-order valence-electron chi connectivity index (χ2n) is 6.49. The zero-order valence-corrected chi connectivity index (χ0v) is 13.6. The molecule has 1 saturated heterocycles. The molecule has 0 amide bonds. The van der Waals surface area contributed by atoms with Crippen LogP contribution in [0.25, 0.3) is 0 Å². The highest BCUT2D eigenvalue weighted by atomic mass is 32.1. The molecule has 0 bridgehead atoms. The third-order valence-corrected chi connectivity index (χ3v) is 5.72. The van der Waals surface area contributed by atoms with Crippen molar-refractivity contribution in [2.75, 3.05) is 26.7 Å². The molecule has 1 aromatic rings. The summed E-state index contributed by atoms with van der Waals surface area (Å²) in [4.78, 5) is 9.05. The fourth-order valence-corrected chi connectivity index (χ4v) is 4.18. The van der Waals surface area contributed by atoms with E-state index in [1.807, 2.05) is 18.4 Å². The van der Waals surface area contributed by atoms with Gasteiger partial charge in [0.05, 0.1) is 10.7 Å². The lowest BCUT2D eigenvalue weighted by molar-refractivity contribution is 0.194. The molecule has 4 heteroatoms. The van der Waals surface area contributed by atoms with E-state index < -0.39 is 0 Å². The van der Waals surface area contributed by atoms with Gasteiger partial charge in [0.25, 0.3) is 0 Å². The molecule has 2 aliphatic rings. The predicted molar refractivity (Wildman–Crippen MR) is 85.4 cm³/mol. The maximum absolute atomic E-state index is 4.94. The molecule has 20 heavy (non-hydrogen) atoms. The standard InChI is InChI=1S/C16H27N3S/c1-12-5-8-19(9-6-12)10-7-15-18-16(13-3-4-13)14(20-15)11-17-2/h12-13,17H,3-11H2,1-2H3. The van der Waals surface area contributed by atoms with Crippen molar-refractivity contribution in [2.45, 2.75) is 51.5 Å². The van der Waals surface area contributed by atoms with Crippen LogP contribution in [0.3, 0.4) is 0 Å². The van der Waals surface area contributed by atoms with Gasteiger partial charge in [-0.3, -0.25) is 0 Å². The summed E-state index contributed by atoms with van der Waals surface area (Å²) >= 11 is 1.94. The summed E-state index contributed by atoms with van der Waals surface area (Å²) in [7, 11) is 2.03. The van der Waals surface area contributed by atoms with Crippen LogP contribution in [0, 0.1) is 5.92 Å². The summed E-state index contributed by atoms with van der Waals surface area (Å²) in [6.07, 6.45) is 6.59. The number of aromatic nitrogens is 1. The lowest BCUT2D eigenvalue weighted by atomic mass is 9.99. The summed E-state index contributed by atoms with van der Waals surface area (Å²) in [5, 5.41) is 4.65. The molecule has 2 heterocycles. The normalized spacial score (nSPS) is 21.5. The van der Waals surface area contributed by atoms with Gasteiger partial charge < -0.3 is 10.2 Å². The second-order valence-corrected chi connectivity index (χ2v) is 7.66. The van der Waals surface area contributed by atoms with E-state index in [9.17, 15) is 0 Å². The van der Waals surface area contributed by atoms with Crippen molar-refractivity contribution in [3.63, 3.8) is 0 Å². The molecule has 0 radical (unpaired) electrons. The van der Waals surface area contributed by atoms with Crippen molar-refractivity contribution in [1.29, 1.82) is 0 Å². The summed E-state index contributed by atoms with van der Waals surface area (Å²) in [6.45, 7) is 7.13. The highest BCUT2D eigenvalue weighted by molar-refractivity contribution is 7.11. The molecule has 3 nitrogen and oxygen atoms in total. The number of rotatable bonds is 6.